The van der Waals surface area contributed by atoms with Gasteiger partial charge in [0.25, 0.3) is 10.0 Å². The lowest BCUT2D eigenvalue weighted by atomic mass is 10.0. The Morgan fingerprint density at radius 1 is 0.816 bits per heavy atom. The zero-order valence-corrected chi connectivity index (χ0v) is 29.7. The normalized spacial score (nSPS) is 12.7. The van der Waals surface area contributed by atoms with Crippen molar-refractivity contribution in [1.29, 1.82) is 0 Å². The summed E-state index contributed by atoms with van der Waals surface area (Å²) in [4.78, 5) is 29.4. The SMILES string of the molecule is CC(C)(C)NC(=O)[C@@H](Cc1ccccc1)N(Cc1ccc(Cl)cc1Cl)C(=O)CN(c1ccc(Cl)c(C(F)(F)F)c1)S(=O)(=O)c1ccccc1. The lowest BCUT2D eigenvalue weighted by Gasteiger charge is -2.35. The number of sulfonamides is 1. The molecule has 4 rings (SSSR count). The van der Waals surface area contributed by atoms with Crippen molar-refractivity contribution in [3.63, 3.8) is 0 Å². The number of nitrogens with zero attached hydrogens (tertiary/aromatic N) is 2. The van der Waals surface area contributed by atoms with Gasteiger partial charge in [0.05, 0.1) is 21.2 Å². The van der Waals surface area contributed by atoms with Gasteiger partial charge in [-0.1, -0.05) is 89.4 Å². The van der Waals surface area contributed by atoms with Gasteiger partial charge < -0.3 is 10.2 Å². The minimum Gasteiger partial charge on any atom is -0.350 e. The standard InChI is InChI=1S/C35H33Cl3F3N3O4S/c1-34(2,3)42-33(46)31(18-23-10-6-4-7-11-23)43(21-24-14-15-25(36)19-30(24)38)32(45)22-44(49(47,48)27-12-8-5-9-13-27)26-16-17-29(37)28(20-26)35(39,40)41/h4-17,19-20,31H,18,21-22H2,1-3H3,(H,42,46)/t31-/m1/s1. The van der Waals surface area contributed by atoms with Crippen molar-refractivity contribution >= 4 is 62.3 Å². The highest BCUT2D eigenvalue weighted by Crippen LogP contribution is 2.38. The number of nitrogens with one attached hydrogen (secondary N) is 1. The maximum absolute atomic E-state index is 14.6. The van der Waals surface area contributed by atoms with Gasteiger partial charge in [0, 0.05) is 28.5 Å². The van der Waals surface area contributed by atoms with Crippen LogP contribution >= 0.6 is 34.8 Å². The second-order valence-corrected chi connectivity index (χ2v) is 15.3. The first kappa shape index (κ1) is 38.0. The van der Waals surface area contributed by atoms with Gasteiger partial charge in [-0.05, 0) is 74.4 Å². The summed E-state index contributed by atoms with van der Waals surface area (Å²) >= 11 is 18.5. The fourth-order valence-corrected chi connectivity index (χ4v) is 7.09. The molecule has 7 nitrogen and oxygen atoms in total. The Labute approximate surface area is 298 Å². The maximum atomic E-state index is 14.6. The topological polar surface area (TPSA) is 86.8 Å². The van der Waals surface area contributed by atoms with E-state index in [-0.39, 0.29) is 22.9 Å². The van der Waals surface area contributed by atoms with Gasteiger partial charge in [-0.2, -0.15) is 13.2 Å². The molecule has 4 aromatic rings. The van der Waals surface area contributed by atoms with Gasteiger partial charge in [0.15, 0.2) is 0 Å². The van der Waals surface area contributed by atoms with Crippen LogP contribution in [0.3, 0.4) is 0 Å². The predicted molar refractivity (Wildman–Crippen MR) is 186 cm³/mol. The molecule has 0 aliphatic carbocycles. The highest BCUT2D eigenvalue weighted by atomic mass is 35.5. The molecule has 0 radical (unpaired) electrons. The maximum Gasteiger partial charge on any atom is 0.417 e. The van der Waals surface area contributed by atoms with Crippen LogP contribution in [0.5, 0.6) is 0 Å². The first-order chi connectivity index (χ1) is 22.9. The highest BCUT2D eigenvalue weighted by Gasteiger charge is 2.38. The summed E-state index contributed by atoms with van der Waals surface area (Å²) in [6.07, 6.45) is -4.91. The van der Waals surface area contributed by atoms with Crippen LogP contribution in [0.1, 0.15) is 37.5 Å². The van der Waals surface area contributed by atoms with E-state index in [1.165, 1.54) is 35.2 Å². The summed E-state index contributed by atoms with van der Waals surface area (Å²) in [5.41, 5.74) is -1.39. The molecule has 1 N–H and O–H groups in total. The average molecular weight is 755 g/mol. The smallest absolute Gasteiger partial charge is 0.350 e. The summed E-state index contributed by atoms with van der Waals surface area (Å²) in [7, 11) is -4.65. The minimum absolute atomic E-state index is 0.0182. The predicted octanol–water partition coefficient (Wildman–Crippen LogP) is 8.42. The first-order valence-electron chi connectivity index (χ1n) is 14.9. The Kier molecular flexibility index (Phi) is 12.0. The van der Waals surface area contributed by atoms with E-state index in [1.54, 1.807) is 69.3 Å². The number of alkyl halides is 3. The molecule has 0 unspecified atom stereocenters. The Morgan fingerprint density at radius 3 is 2.00 bits per heavy atom. The zero-order chi connectivity index (χ0) is 36.1. The molecule has 0 fully saturated rings. The second-order valence-electron chi connectivity index (χ2n) is 12.2. The molecule has 4 aromatic carbocycles. The molecule has 0 saturated heterocycles. The van der Waals surface area contributed by atoms with E-state index in [2.05, 4.69) is 5.32 Å². The van der Waals surface area contributed by atoms with Gasteiger partial charge in [-0.15, -0.1) is 0 Å². The molecular weight excluding hydrogens is 722 g/mol. The number of benzene rings is 4. The summed E-state index contributed by atoms with van der Waals surface area (Å²) in [5, 5.41) is 2.75. The van der Waals surface area contributed by atoms with Gasteiger partial charge in [0.1, 0.15) is 12.6 Å². The van der Waals surface area contributed by atoms with E-state index in [1.807, 2.05) is 0 Å². The lowest BCUT2D eigenvalue weighted by Crippen LogP contribution is -2.56. The molecule has 0 heterocycles. The van der Waals surface area contributed by atoms with Crippen LogP contribution in [-0.4, -0.2) is 43.3 Å². The molecule has 14 heteroatoms. The van der Waals surface area contributed by atoms with Gasteiger partial charge >= 0.3 is 6.18 Å². The quantitative estimate of drug-likeness (QED) is 0.167. The molecule has 0 aliphatic heterocycles. The van der Waals surface area contributed by atoms with Crippen LogP contribution in [0.25, 0.3) is 0 Å². The lowest BCUT2D eigenvalue weighted by molar-refractivity contribution is -0.140. The van der Waals surface area contributed by atoms with Crippen molar-refractivity contribution in [3.8, 4) is 0 Å². The van der Waals surface area contributed by atoms with Crippen LogP contribution in [-0.2, 0) is 38.8 Å². The molecule has 0 bridgehead atoms. The minimum atomic E-state index is -4.93. The number of carbonyl (C=O) groups excluding carboxylic acids is 2. The highest BCUT2D eigenvalue weighted by molar-refractivity contribution is 7.92. The second kappa shape index (κ2) is 15.4. The summed E-state index contributed by atoms with van der Waals surface area (Å²) in [6, 6.07) is 21.8. The number of rotatable bonds is 11. The Morgan fingerprint density at radius 2 is 1.43 bits per heavy atom. The third-order valence-electron chi connectivity index (χ3n) is 7.28. The third kappa shape index (κ3) is 9.91. The van der Waals surface area contributed by atoms with Crippen molar-refractivity contribution in [2.45, 2.75) is 56.4 Å². The number of hydrogen-bond acceptors (Lipinski definition) is 4. The van der Waals surface area contributed by atoms with Crippen molar-refractivity contribution < 1.29 is 31.2 Å². The Balaban J connectivity index is 1.89. The molecular formula is C35H33Cl3F3N3O4S. The molecule has 0 saturated carbocycles. The van der Waals surface area contributed by atoms with Gasteiger partial charge in [-0.25, -0.2) is 8.42 Å². The van der Waals surface area contributed by atoms with E-state index in [9.17, 15) is 31.2 Å². The molecule has 2 amide bonds. The first-order valence-corrected chi connectivity index (χ1v) is 17.5. The number of carbonyl (C=O) groups is 2. The molecule has 0 aliphatic rings. The molecule has 1 atom stereocenters. The van der Waals surface area contributed by atoms with E-state index in [0.717, 1.165) is 12.1 Å². The van der Waals surface area contributed by atoms with Crippen LogP contribution in [0.2, 0.25) is 15.1 Å². The number of halogens is 6. The average Bonchev–Trinajstić information content (AvgIpc) is 3.02. The number of anilines is 1. The van der Waals surface area contributed by atoms with Crippen molar-refractivity contribution in [1.82, 2.24) is 10.2 Å². The van der Waals surface area contributed by atoms with Crippen LogP contribution < -0.4 is 9.62 Å². The fraction of sp³-hybridized carbons (Fsp3) is 0.257. The van der Waals surface area contributed by atoms with Crippen molar-refractivity contribution in [2.24, 2.45) is 0 Å². The van der Waals surface area contributed by atoms with Gasteiger partial charge in [-0.3, -0.25) is 13.9 Å². The summed E-state index contributed by atoms with van der Waals surface area (Å²) in [6.45, 7) is 4.05. The van der Waals surface area contributed by atoms with E-state index >= 15 is 0 Å². The van der Waals surface area contributed by atoms with Crippen LogP contribution in [0, 0.1) is 0 Å². The van der Waals surface area contributed by atoms with E-state index in [4.69, 9.17) is 34.8 Å². The number of hydrogen-bond donors (Lipinski definition) is 1. The summed E-state index contributed by atoms with van der Waals surface area (Å²) < 4.78 is 70.6. The van der Waals surface area contributed by atoms with E-state index < -0.39 is 62.4 Å². The van der Waals surface area contributed by atoms with Gasteiger partial charge in [0.2, 0.25) is 11.8 Å². The van der Waals surface area contributed by atoms with Crippen molar-refractivity contribution in [2.75, 3.05) is 10.8 Å². The molecule has 49 heavy (non-hydrogen) atoms. The monoisotopic (exact) mass is 753 g/mol. The zero-order valence-electron chi connectivity index (χ0n) is 26.6. The Hall–Kier alpha value is -3.77. The summed E-state index contributed by atoms with van der Waals surface area (Å²) in [5.74, 6) is -1.43. The van der Waals surface area contributed by atoms with Crippen molar-refractivity contribution in [3.05, 3.63) is 129 Å². The fourth-order valence-electron chi connectivity index (χ4n) is 4.97. The Bertz CT molecular complexity index is 1910. The number of amides is 2. The molecule has 0 spiro atoms. The largest absolute Gasteiger partial charge is 0.417 e. The third-order valence-corrected chi connectivity index (χ3v) is 9.98. The van der Waals surface area contributed by atoms with Crippen LogP contribution in [0.15, 0.2) is 102 Å². The van der Waals surface area contributed by atoms with Crippen LogP contribution in [0.4, 0.5) is 18.9 Å². The molecule has 0 aromatic heterocycles. The molecule has 260 valence electrons. The van der Waals surface area contributed by atoms with E-state index in [0.29, 0.717) is 26.5 Å².